The zero-order valence-electron chi connectivity index (χ0n) is 12.1. The van der Waals surface area contributed by atoms with E-state index in [1.165, 1.54) is 6.42 Å². The molecule has 0 aromatic rings. The van der Waals surface area contributed by atoms with E-state index >= 15 is 0 Å². The van der Waals surface area contributed by atoms with Crippen LogP contribution < -0.4 is 0 Å². The smallest absolute Gasteiger partial charge is 0.329 e. The average Bonchev–Trinajstić information content (AvgIpc) is 3.04. The third-order valence-electron chi connectivity index (χ3n) is 4.69. The van der Waals surface area contributed by atoms with Crippen LogP contribution in [0.25, 0.3) is 0 Å². The number of aliphatic carboxylic acids is 1. The van der Waals surface area contributed by atoms with Gasteiger partial charge in [-0.05, 0) is 44.4 Å². The number of hydrogen-bond acceptors (Lipinski definition) is 2. The first-order chi connectivity index (χ1) is 8.86. The second kappa shape index (κ2) is 5.02. The topological polar surface area (TPSA) is 60.9 Å². The Hall–Kier alpha value is -1.26. The zero-order chi connectivity index (χ0) is 14.2. The highest BCUT2D eigenvalue weighted by molar-refractivity contribution is 5.86. The predicted octanol–water partition coefficient (Wildman–Crippen LogP) is 2.02. The number of likely N-dealkylation sites (tertiary alicyclic amines) is 1. The van der Waals surface area contributed by atoms with Gasteiger partial charge in [0.25, 0.3) is 0 Å². The minimum absolute atomic E-state index is 0.135. The molecule has 5 heteroatoms. The van der Waals surface area contributed by atoms with E-state index < -0.39 is 11.5 Å². The van der Waals surface area contributed by atoms with Crippen LogP contribution in [0.2, 0.25) is 0 Å². The van der Waals surface area contributed by atoms with Crippen molar-refractivity contribution >= 4 is 12.0 Å². The molecule has 2 aliphatic rings. The molecule has 0 aromatic heterocycles. The first-order valence-electron chi connectivity index (χ1n) is 7.12. The summed E-state index contributed by atoms with van der Waals surface area (Å²) in [7, 11) is 1.78. The van der Waals surface area contributed by atoms with Gasteiger partial charge in [-0.15, -0.1) is 0 Å². The van der Waals surface area contributed by atoms with E-state index in [1.54, 1.807) is 23.8 Å². The molecule has 0 spiro atoms. The number of carboxylic acids is 1. The van der Waals surface area contributed by atoms with Gasteiger partial charge in [-0.2, -0.15) is 0 Å². The highest BCUT2D eigenvalue weighted by atomic mass is 16.4. The van der Waals surface area contributed by atoms with Crippen LogP contribution in [0.1, 0.15) is 39.5 Å². The molecule has 2 rings (SSSR count). The molecule has 1 saturated heterocycles. The van der Waals surface area contributed by atoms with Crippen molar-refractivity contribution in [3.05, 3.63) is 0 Å². The average molecular weight is 268 g/mol. The Morgan fingerprint density at radius 2 is 2.05 bits per heavy atom. The van der Waals surface area contributed by atoms with E-state index in [1.807, 2.05) is 0 Å². The second-order valence-corrected chi connectivity index (χ2v) is 6.32. The summed E-state index contributed by atoms with van der Waals surface area (Å²) in [6.07, 6.45) is 3.48. The Kier molecular flexibility index (Phi) is 3.74. The van der Waals surface area contributed by atoms with Gasteiger partial charge < -0.3 is 14.9 Å². The molecule has 0 aromatic carbocycles. The van der Waals surface area contributed by atoms with Crippen LogP contribution in [0.5, 0.6) is 0 Å². The fourth-order valence-electron chi connectivity index (χ4n) is 2.94. The molecule has 1 saturated carbocycles. The lowest BCUT2D eigenvalue weighted by molar-refractivity contribution is -0.150. The number of carbonyl (C=O) groups is 2. The van der Waals surface area contributed by atoms with Crippen LogP contribution in [-0.4, -0.2) is 52.6 Å². The van der Waals surface area contributed by atoms with E-state index in [-0.39, 0.29) is 6.03 Å². The van der Waals surface area contributed by atoms with Gasteiger partial charge in [0.05, 0.1) is 0 Å². The Labute approximate surface area is 114 Å². The molecule has 2 fully saturated rings. The molecule has 0 radical (unpaired) electrons. The number of urea groups is 1. The van der Waals surface area contributed by atoms with Gasteiger partial charge in [0.1, 0.15) is 5.54 Å². The van der Waals surface area contributed by atoms with Crippen LogP contribution in [-0.2, 0) is 4.79 Å². The standard InChI is InChI=1S/C14H24N2O3/c1-10-8-11(10)9-15(3)13(19)16-7-5-4-6-14(16,2)12(17)18/h10-11H,4-9H2,1-3H3,(H,17,18). The maximum Gasteiger partial charge on any atom is 0.329 e. The normalized spacial score (nSPS) is 33.9. The second-order valence-electron chi connectivity index (χ2n) is 6.32. The summed E-state index contributed by atoms with van der Waals surface area (Å²) in [5.41, 5.74) is -1.04. The largest absolute Gasteiger partial charge is 0.480 e. The van der Waals surface area contributed by atoms with Crippen LogP contribution in [0.4, 0.5) is 4.79 Å². The van der Waals surface area contributed by atoms with Crippen LogP contribution in [0.3, 0.4) is 0 Å². The van der Waals surface area contributed by atoms with E-state index in [4.69, 9.17) is 0 Å². The SMILES string of the molecule is CC1CC1CN(C)C(=O)N1CCCCC1(C)C(=O)O. The third-order valence-corrected chi connectivity index (χ3v) is 4.69. The Balaban J connectivity index is 2.04. The van der Waals surface area contributed by atoms with Gasteiger partial charge in [0.15, 0.2) is 0 Å². The van der Waals surface area contributed by atoms with E-state index in [0.29, 0.717) is 24.8 Å². The lowest BCUT2D eigenvalue weighted by Crippen LogP contribution is -2.60. The van der Waals surface area contributed by atoms with Crippen molar-refractivity contribution < 1.29 is 14.7 Å². The Morgan fingerprint density at radius 1 is 1.42 bits per heavy atom. The lowest BCUT2D eigenvalue weighted by Gasteiger charge is -2.43. The molecule has 0 bridgehead atoms. The molecule has 19 heavy (non-hydrogen) atoms. The summed E-state index contributed by atoms with van der Waals surface area (Å²) in [5.74, 6) is 0.394. The number of rotatable bonds is 3. The van der Waals surface area contributed by atoms with Gasteiger partial charge in [0.2, 0.25) is 0 Å². The van der Waals surface area contributed by atoms with Crippen molar-refractivity contribution in [3.8, 4) is 0 Å². The summed E-state index contributed by atoms with van der Waals surface area (Å²) in [4.78, 5) is 27.2. The fourth-order valence-corrected chi connectivity index (χ4v) is 2.94. The van der Waals surface area contributed by atoms with Crippen LogP contribution >= 0.6 is 0 Å². The van der Waals surface area contributed by atoms with Crippen LogP contribution in [0, 0.1) is 11.8 Å². The van der Waals surface area contributed by atoms with Crippen molar-refractivity contribution in [1.82, 2.24) is 9.80 Å². The number of piperidine rings is 1. The zero-order valence-corrected chi connectivity index (χ0v) is 12.1. The predicted molar refractivity (Wildman–Crippen MR) is 71.9 cm³/mol. The van der Waals surface area contributed by atoms with Crippen molar-refractivity contribution in [2.75, 3.05) is 20.1 Å². The van der Waals surface area contributed by atoms with E-state index in [0.717, 1.165) is 19.4 Å². The van der Waals surface area contributed by atoms with Crippen LogP contribution in [0.15, 0.2) is 0 Å². The summed E-state index contributed by atoms with van der Waals surface area (Å²) in [6.45, 7) is 5.14. The summed E-state index contributed by atoms with van der Waals surface area (Å²) in [6, 6.07) is -0.135. The number of hydrogen-bond donors (Lipinski definition) is 1. The third kappa shape index (κ3) is 2.69. The molecule has 2 amide bonds. The van der Waals surface area contributed by atoms with Crippen molar-refractivity contribution in [2.45, 2.75) is 45.1 Å². The fraction of sp³-hybridized carbons (Fsp3) is 0.857. The molecular formula is C14H24N2O3. The molecule has 1 aliphatic carbocycles. The first-order valence-corrected chi connectivity index (χ1v) is 7.12. The molecule has 1 N–H and O–H groups in total. The molecule has 5 nitrogen and oxygen atoms in total. The lowest BCUT2D eigenvalue weighted by atomic mass is 9.89. The molecular weight excluding hydrogens is 244 g/mol. The molecule has 3 atom stereocenters. The van der Waals surface area contributed by atoms with Gasteiger partial charge in [-0.25, -0.2) is 9.59 Å². The van der Waals surface area contributed by atoms with Crippen molar-refractivity contribution in [2.24, 2.45) is 11.8 Å². The first kappa shape index (κ1) is 14.2. The Morgan fingerprint density at radius 3 is 2.58 bits per heavy atom. The van der Waals surface area contributed by atoms with Gasteiger partial charge in [0, 0.05) is 20.1 Å². The van der Waals surface area contributed by atoms with Gasteiger partial charge in [-0.1, -0.05) is 6.92 Å². The Bertz CT molecular complexity index is 385. The number of carbonyl (C=O) groups excluding carboxylic acids is 1. The summed E-state index contributed by atoms with van der Waals surface area (Å²) < 4.78 is 0. The highest BCUT2D eigenvalue weighted by Crippen LogP contribution is 2.38. The highest BCUT2D eigenvalue weighted by Gasteiger charge is 2.45. The maximum atomic E-state index is 12.5. The molecule has 108 valence electrons. The van der Waals surface area contributed by atoms with Crippen molar-refractivity contribution in [1.29, 1.82) is 0 Å². The molecule has 1 heterocycles. The molecule has 1 aliphatic heterocycles. The van der Waals surface area contributed by atoms with Gasteiger partial charge >= 0.3 is 12.0 Å². The van der Waals surface area contributed by atoms with E-state index in [2.05, 4.69) is 6.92 Å². The number of nitrogens with zero attached hydrogens (tertiary/aromatic N) is 2. The van der Waals surface area contributed by atoms with E-state index in [9.17, 15) is 14.7 Å². The quantitative estimate of drug-likeness (QED) is 0.852. The maximum absolute atomic E-state index is 12.5. The minimum atomic E-state index is -1.04. The minimum Gasteiger partial charge on any atom is -0.480 e. The number of amides is 2. The monoisotopic (exact) mass is 268 g/mol. The summed E-state index contributed by atoms with van der Waals surface area (Å²) >= 11 is 0. The summed E-state index contributed by atoms with van der Waals surface area (Å²) in [5, 5.41) is 9.42. The van der Waals surface area contributed by atoms with Gasteiger partial charge in [-0.3, -0.25) is 0 Å². The molecule has 3 unspecified atom stereocenters. The number of carboxylic acid groups (broad SMARTS) is 1. The van der Waals surface area contributed by atoms with Crippen molar-refractivity contribution in [3.63, 3.8) is 0 Å².